The summed E-state index contributed by atoms with van der Waals surface area (Å²) in [7, 11) is 0. The van der Waals surface area contributed by atoms with Gasteiger partial charge in [-0.05, 0) is 31.1 Å². The summed E-state index contributed by atoms with van der Waals surface area (Å²) in [5, 5.41) is 0. The molecule has 6 heteroatoms. The van der Waals surface area contributed by atoms with Crippen molar-refractivity contribution in [1.82, 2.24) is 0 Å². The normalized spacial score (nSPS) is 12.1. The van der Waals surface area contributed by atoms with Crippen LogP contribution in [0.2, 0.25) is 0 Å². The first-order valence-corrected chi connectivity index (χ1v) is 24.2. The van der Waals surface area contributed by atoms with Crippen LogP contribution in [-0.2, 0) is 28.6 Å². The molecule has 0 heterocycles. The number of carbonyl (C=O) groups is 3. The summed E-state index contributed by atoms with van der Waals surface area (Å²) in [6.07, 6.45) is 41.0. The number of unbranched alkanes of at least 4 members (excludes halogenated alkanes) is 28. The van der Waals surface area contributed by atoms with Crippen molar-refractivity contribution in [2.75, 3.05) is 13.2 Å². The number of carbonyl (C=O) groups excluding carboxylic acids is 3. The first-order chi connectivity index (χ1) is 26.7. The Labute approximate surface area is 342 Å². The maximum Gasteiger partial charge on any atom is 0.306 e. The molecule has 0 aliphatic carbocycles. The van der Waals surface area contributed by atoms with Crippen LogP contribution < -0.4 is 0 Å². The van der Waals surface area contributed by atoms with E-state index in [0.29, 0.717) is 19.3 Å². The highest BCUT2D eigenvalue weighted by molar-refractivity contribution is 5.71. The molecule has 0 spiro atoms. The molecule has 0 radical (unpaired) electrons. The van der Waals surface area contributed by atoms with Crippen molar-refractivity contribution in [2.24, 2.45) is 11.8 Å². The van der Waals surface area contributed by atoms with Gasteiger partial charge in [-0.25, -0.2) is 0 Å². The molecule has 0 aromatic heterocycles. The molecule has 0 rings (SSSR count). The predicted molar refractivity (Wildman–Crippen MR) is 233 cm³/mol. The zero-order chi connectivity index (χ0) is 40.5. The van der Waals surface area contributed by atoms with Crippen molar-refractivity contribution < 1.29 is 28.6 Å². The second-order valence-electron chi connectivity index (χ2n) is 17.7. The quantitative estimate of drug-likeness (QED) is 0.0348. The Morgan fingerprint density at radius 1 is 0.345 bits per heavy atom. The number of rotatable bonds is 43. The second kappa shape index (κ2) is 42.0. The fourth-order valence-corrected chi connectivity index (χ4v) is 7.28. The van der Waals surface area contributed by atoms with Gasteiger partial charge >= 0.3 is 17.9 Å². The summed E-state index contributed by atoms with van der Waals surface area (Å²) in [6.45, 7) is 11.3. The Morgan fingerprint density at radius 3 is 0.891 bits per heavy atom. The number of ether oxygens (including phenoxy) is 3. The molecule has 0 aromatic carbocycles. The van der Waals surface area contributed by atoms with Gasteiger partial charge in [-0.15, -0.1) is 0 Å². The third kappa shape index (κ3) is 43.4. The highest BCUT2D eigenvalue weighted by Gasteiger charge is 2.19. The Bertz CT molecular complexity index is 839. The van der Waals surface area contributed by atoms with Crippen molar-refractivity contribution in [2.45, 2.75) is 272 Å². The lowest BCUT2D eigenvalue weighted by Gasteiger charge is -2.18. The zero-order valence-electron chi connectivity index (χ0n) is 37.6. The highest BCUT2D eigenvalue weighted by Crippen LogP contribution is 2.17. The first kappa shape index (κ1) is 53.4. The van der Waals surface area contributed by atoms with E-state index in [2.05, 4.69) is 34.6 Å². The van der Waals surface area contributed by atoms with Gasteiger partial charge in [0.05, 0.1) is 0 Å². The van der Waals surface area contributed by atoms with Gasteiger partial charge in [0, 0.05) is 19.3 Å². The van der Waals surface area contributed by atoms with Gasteiger partial charge in [-0.3, -0.25) is 14.4 Å². The number of hydrogen-bond acceptors (Lipinski definition) is 6. The second-order valence-corrected chi connectivity index (χ2v) is 17.7. The van der Waals surface area contributed by atoms with Crippen molar-refractivity contribution in [1.29, 1.82) is 0 Å². The van der Waals surface area contributed by atoms with E-state index in [1.807, 2.05) is 0 Å². The Kier molecular flexibility index (Phi) is 40.8. The van der Waals surface area contributed by atoms with E-state index in [-0.39, 0.29) is 31.1 Å². The monoisotopic (exact) mass is 779 g/mol. The molecule has 1 atom stereocenters. The van der Waals surface area contributed by atoms with Crippen molar-refractivity contribution in [3.8, 4) is 0 Å². The lowest BCUT2D eigenvalue weighted by Crippen LogP contribution is -2.30. The van der Waals surface area contributed by atoms with Crippen LogP contribution in [0.5, 0.6) is 0 Å². The van der Waals surface area contributed by atoms with E-state index in [4.69, 9.17) is 14.2 Å². The van der Waals surface area contributed by atoms with Gasteiger partial charge in [0.1, 0.15) is 13.2 Å². The molecule has 0 fully saturated rings. The molecule has 6 nitrogen and oxygen atoms in total. The fourth-order valence-electron chi connectivity index (χ4n) is 7.28. The summed E-state index contributed by atoms with van der Waals surface area (Å²) in [5.74, 6) is 0.740. The van der Waals surface area contributed by atoms with Crippen LogP contribution in [0, 0.1) is 11.8 Å². The van der Waals surface area contributed by atoms with E-state index in [0.717, 1.165) is 69.6 Å². The molecule has 0 amide bonds. The van der Waals surface area contributed by atoms with Gasteiger partial charge in [-0.1, -0.05) is 227 Å². The molecule has 326 valence electrons. The van der Waals surface area contributed by atoms with E-state index in [9.17, 15) is 14.4 Å². The van der Waals surface area contributed by atoms with Gasteiger partial charge in [-0.2, -0.15) is 0 Å². The maximum atomic E-state index is 12.7. The molecule has 0 saturated heterocycles. The van der Waals surface area contributed by atoms with Gasteiger partial charge in [0.25, 0.3) is 0 Å². The number of hydrogen-bond donors (Lipinski definition) is 0. The van der Waals surface area contributed by atoms with Crippen LogP contribution in [0.1, 0.15) is 266 Å². The van der Waals surface area contributed by atoms with Crippen LogP contribution in [0.25, 0.3) is 0 Å². The van der Waals surface area contributed by atoms with Gasteiger partial charge < -0.3 is 14.2 Å². The fraction of sp³-hybridized carbons (Fsp3) is 0.939. The minimum atomic E-state index is -0.761. The van der Waals surface area contributed by atoms with Crippen molar-refractivity contribution >= 4 is 17.9 Å². The van der Waals surface area contributed by atoms with Gasteiger partial charge in [0.15, 0.2) is 6.10 Å². The SMILES string of the molecule is CCCCCCCCCCCCCCCC(=O)O[C@H](COC(=O)CCCCCCCCCCCCCCC(C)C)COC(=O)CCCCCCCCC(C)C. The minimum Gasteiger partial charge on any atom is -0.462 e. The molecule has 0 N–H and O–H groups in total. The average molecular weight is 779 g/mol. The zero-order valence-corrected chi connectivity index (χ0v) is 37.6. The lowest BCUT2D eigenvalue weighted by molar-refractivity contribution is -0.167. The van der Waals surface area contributed by atoms with Crippen LogP contribution in [0.3, 0.4) is 0 Å². The van der Waals surface area contributed by atoms with Crippen LogP contribution in [-0.4, -0.2) is 37.2 Å². The Hall–Kier alpha value is -1.59. The largest absolute Gasteiger partial charge is 0.462 e. The molecular weight excluding hydrogens is 685 g/mol. The van der Waals surface area contributed by atoms with Crippen LogP contribution >= 0.6 is 0 Å². The predicted octanol–water partition coefficient (Wildman–Crippen LogP) is 15.4. The average Bonchev–Trinajstić information content (AvgIpc) is 3.15. The highest BCUT2D eigenvalue weighted by atomic mass is 16.6. The summed E-state index contributed by atoms with van der Waals surface area (Å²) < 4.78 is 16.7. The van der Waals surface area contributed by atoms with Crippen molar-refractivity contribution in [3.05, 3.63) is 0 Å². The third-order valence-electron chi connectivity index (χ3n) is 11.0. The Morgan fingerprint density at radius 2 is 0.600 bits per heavy atom. The minimum absolute atomic E-state index is 0.0649. The summed E-state index contributed by atoms with van der Waals surface area (Å²) in [6, 6.07) is 0. The molecule has 0 saturated carbocycles. The number of esters is 3. The lowest BCUT2D eigenvalue weighted by atomic mass is 10.0. The maximum absolute atomic E-state index is 12.7. The topological polar surface area (TPSA) is 78.9 Å². The van der Waals surface area contributed by atoms with Crippen LogP contribution in [0.4, 0.5) is 0 Å². The smallest absolute Gasteiger partial charge is 0.306 e. The third-order valence-corrected chi connectivity index (χ3v) is 11.0. The molecule has 0 aliphatic rings. The molecule has 0 aromatic rings. The standard InChI is InChI=1S/C49H94O6/c1-6-7-8-9-10-11-12-13-18-21-24-31-36-41-49(52)55-46(43-54-48(51)40-35-30-26-25-28-33-38-45(4)5)42-53-47(50)39-34-29-23-20-17-15-14-16-19-22-27-32-37-44(2)3/h44-46H,6-43H2,1-5H3/t46-/m1/s1. The first-order valence-electron chi connectivity index (χ1n) is 24.2. The molecule has 0 bridgehead atoms. The molecule has 0 aliphatic heterocycles. The molecular formula is C49H94O6. The van der Waals surface area contributed by atoms with E-state index in [1.165, 1.54) is 154 Å². The molecule has 55 heavy (non-hydrogen) atoms. The van der Waals surface area contributed by atoms with E-state index >= 15 is 0 Å². The van der Waals surface area contributed by atoms with E-state index < -0.39 is 6.10 Å². The summed E-state index contributed by atoms with van der Waals surface area (Å²) in [5.41, 5.74) is 0. The van der Waals surface area contributed by atoms with Crippen LogP contribution in [0.15, 0.2) is 0 Å². The molecule has 0 unspecified atom stereocenters. The Balaban J connectivity index is 4.29. The summed E-state index contributed by atoms with van der Waals surface area (Å²) in [4.78, 5) is 37.8. The van der Waals surface area contributed by atoms with E-state index in [1.54, 1.807) is 0 Å². The van der Waals surface area contributed by atoms with Gasteiger partial charge in [0.2, 0.25) is 0 Å². The summed E-state index contributed by atoms with van der Waals surface area (Å²) >= 11 is 0. The van der Waals surface area contributed by atoms with Crippen molar-refractivity contribution in [3.63, 3.8) is 0 Å².